The van der Waals surface area contributed by atoms with Crippen LogP contribution in [0.1, 0.15) is 62.3 Å². The maximum absolute atomic E-state index is 12.5. The van der Waals surface area contributed by atoms with Gasteiger partial charge in [-0.15, -0.1) is 0 Å². The number of esters is 5. The molecule has 0 aliphatic rings. The predicted molar refractivity (Wildman–Crippen MR) is 261 cm³/mol. The summed E-state index contributed by atoms with van der Waals surface area (Å²) in [7, 11) is 0. The highest BCUT2D eigenvalue weighted by Gasteiger charge is 2.45. The van der Waals surface area contributed by atoms with E-state index in [9.17, 15) is 47.9 Å². The standard InChI is InChI=1S/C26H32O11.4C4H6O2.2C3H8O3/c1-13(2)22(28)33-12-19(35-24(30)15(5)6)21(37-26(32)17(9)10)20(36-25(31)16(7)8)18(11-27)34-23(29)14(3)4;4*1-3(2)4(5)6;2*4-1-3(6)2-5/h11,18-21H,1,3,5,7,9,12H2,2,4,6,8,10H3;4*1H2,2H3,(H,5,6);2*3-6H,1-2H2. The molecule has 0 spiro atoms. The first kappa shape index (κ1) is 79.5. The maximum atomic E-state index is 12.5. The number of aliphatic carboxylic acids is 4. The minimum absolute atomic E-state index is 0.00752. The molecule has 0 aromatic carbocycles. The van der Waals surface area contributed by atoms with Crippen LogP contribution in [0.5, 0.6) is 0 Å². The molecule has 10 N–H and O–H groups in total. The van der Waals surface area contributed by atoms with E-state index >= 15 is 0 Å². The molecule has 0 aliphatic carbocycles. The van der Waals surface area contributed by atoms with Gasteiger partial charge < -0.3 is 74.7 Å². The van der Waals surface area contributed by atoms with E-state index in [0.29, 0.717) is 0 Å². The zero-order chi connectivity index (χ0) is 59.6. The Labute approximate surface area is 423 Å². The van der Waals surface area contributed by atoms with Gasteiger partial charge >= 0.3 is 53.7 Å². The topological polar surface area (TPSA) is 419 Å². The molecule has 0 amide bonds. The van der Waals surface area contributed by atoms with Crippen LogP contribution in [0.4, 0.5) is 0 Å². The fraction of sp³-hybridized carbons (Fsp3) is 0.417. The Morgan fingerprint density at radius 1 is 0.384 bits per heavy atom. The third-order valence-corrected chi connectivity index (χ3v) is 6.56. The lowest BCUT2D eigenvalue weighted by Gasteiger charge is -2.34. The average molecular weight is 1050 g/mol. The average Bonchev–Trinajstić information content (AvgIpc) is 3.30. The SMILES string of the molecule is C=C(C)C(=O)O.C=C(C)C(=O)O.C=C(C)C(=O)O.C=C(C)C(=O)O.C=C(C)C(=O)OCC(OC(=O)C(=C)C)C(OC(=O)C(=C)C)C(OC(=O)C(=C)C)C(C=O)OC(=O)C(=C)C.OCC(O)CO.OCC(O)CO. The molecule has 4 atom stereocenters. The highest BCUT2D eigenvalue weighted by Crippen LogP contribution is 2.22. The van der Waals surface area contributed by atoms with E-state index in [0.717, 1.165) is 0 Å². The normalized spacial score (nSPS) is 10.9. The van der Waals surface area contributed by atoms with Crippen LogP contribution in [-0.2, 0) is 71.6 Å². The van der Waals surface area contributed by atoms with Gasteiger partial charge in [0.2, 0.25) is 0 Å². The van der Waals surface area contributed by atoms with Crippen molar-refractivity contribution in [1.29, 1.82) is 0 Å². The van der Waals surface area contributed by atoms with Crippen molar-refractivity contribution in [1.82, 2.24) is 0 Å². The van der Waals surface area contributed by atoms with E-state index in [4.69, 9.17) is 74.7 Å². The highest BCUT2D eigenvalue weighted by molar-refractivity contribution is 5.91. The first-order chi connectivity index (χ1) is 33.2. The predicted octanol–water partition coefficient (Wildman–Crippen LogP) is 1.51. The second-order valence-corrected chi connectivity index (χ2v) is 14.6. The minimum Gasteiger partial charge on any atom is -0.478 e. The Morgan fingerprint density at radius 2 is 0.603 bits per heavy atom. The summed E-state index contributed by atoms with van der Waals surface area (Å²) in [4.78, 5) is 112. The first-order valence-electron chi connectivity index (χ1n) is 20.3. The molecule has 0 fully saturated rings. The largest absolute Gasteiger partial charge is 0.478 e. The zero-order valence-electron chi connectivity index (χ0n) is 42.5. The fourth-order valence-corrected chi connectivity index (χ4v) is 2.35. The number of aliphatic hydroxyl groups is 6. The number of aldehydes is 1. The van der Waals surface area contributed by atoms with Gasteiger partial charge in [-0.3, -0.25) is 4.79 Å². The van der Waals surface area contributed by atoms with Gasteiger partial charge in [0.05, 0.1) is 26.4 Å². The third-order valence-electron chi connectivity index (χ3n) is 6.56. The Balaban J connectivity index is -0.000000191. The van der Waals surface area contributed by atoms with Crippen LogP contribution < -0.4 is 0 Å². The molecule has 25 nitrogen and oxygen atoms in total. The van der Waals surface area contributed by atoms with Crippen molar-refractivity contribution in [2.24, 2.45) is 0 Å². The summed E-state index contributed by atoms with van der Waals surface area (Å²) < 4.78 is 26.2. The molecule has 0 saturated carbocycles. The van der Waals surface area contributed by atoms with Crippen molar-refractivity contribution in [2.45, 2.75) is 98.9 Å². The molecule has 0 bridgehead atoms. The second kappa shape index (κ2) is 45.5. The molecule has 0 heterocycles. The van der Waals surface area contributed by atoms with Crippen molar-refractivity contribution in [3.05, 3.63) is 109 Å². The van der Waals surface area contributed by atoms with Crippen LogP contribution in [0.25, 0.3) is 0 Å². The summed E-state index contributed by atoms with van der Waals surface area (Å²) in [6, 6.07) is 0. The van der Waals surface area contributed by atoms with Crippen molar-refractivity contribution in [3.8, 4) is 0 Å². The molecule has 414 valence electrons. The molecule has 0 aromatic heterocycles. The summed E-state index contributed by atoms with van der Waals surface area (Å²) in [5.41, 5.74) is 0.252. The van der Waals surface area contributed by atoms with Gasteiger partial charge in [0.25, 0.3) is 0 Å². The van der Waals surface area contributed by atoms with Crippen LogP contribution in [0, 0.1) is 0 Å². The van der Waals surface area contributed by atoms with Gasteiger partial charge in [-0.25, -0.2) is 43.2 Å². The number of hydrogen-bond donors (Lipinski definition) is 10. The summed E-state index contributed by atoms with van der Waals surface area (Å²) in [5, 5.41) is 79.6. The summed E-state index contributed by atoms with van der Waals surface area (Å²) in [5.74, 6) is -8.79. The van der Waals surface area contributed by atoms with Crippen LogP contribution in [0.2, 0.25) is 0 Å². The third kappa shape index (κ3) is 49.1. The molecular weight excluding hydrogens is 977 g/mol. The van der Waals surface area contributed by atoms with Crippen molar-refractivity contribution < 1.29 is 123 Å². The van der Waals surface area contributed by atoms with Gasteiger partial charge in [0.15, 0.2) is 30.7 Å². The van der Waals surface area contributed by atoms with Gasteiger partial charge in [-0.2, -0.15) is 0 Å². The molecule has 0 rings (SSSR count). The van der Waals surface area contributed by atoms with Gasteiger partial charge in [-0.05, 0) is 62.3 Å². The number of carboxylic acids is 4. The molecule has 0 aromatic rings. The van der Waals surface area contributed by atoms with Crippen LogP contribution in [0.15, 0.2) is 109 Å². The lowest BCUT2D eigenvalue weighted by atomic mass is 10.0. The van der Waals surface area contributed by atoms with E-state index in [1.807, 2.05) is 0 Å². The number of carbonyl (C=O) groups is 10. The van der Waals surface area contributed by atoms with E-state index in [1.54, 1.807) is 0 Å². The van der Waals surface area contributed by atoms with Gasteiger partial charge in [-0.1, -0.05) is 59.2 Å². The number of carbonyl (C=O) groups excluding carboxylic acids is 6. The number of hydrogen-bond acceptors (Lipinski definition) is 21. The number of ether oxygens (including phenoxy) is 5. The van der Waals surface area contributed by atoms with E-state index < -0.39 is 97.0 Å². The molecular formula is C48H72O25. The smallest absolute Gasteiger partial charge is 0.333 e. The monoisotopic (exact) mass is 1050 g/mol. The van der Waals surface area contributed by atoms with Crippen molar-refractivity contribution in [2.75, 3.05) is 33.0 Å². The molecule has 4 unspecified atom stereocenters. The van der Waals surface area contributed by atoms with Crippen molar-refractivity contribution >= 4 is 60.0 Å². The Kier molecular flexibility index (Phi) is 49.5. The quantitative estimate of drug-likeness (QED) is 0.0300. The Morgan fingerprint density at radius 3 is 0.795 bits per heavy atom. The van der Waals surface area contributed by atoms with E-state index in [-0.39, 0.29) is 82.9 Å². The fourth-order valence-electron chi connectivity index (χ4n) is 2.35. The van der Waals surface area contributed by atoms with Crippen LogP contribution in [0.3, 0.4) is 0 Å². The lowest BCUT2D eigenvalue weighted by Crippen LogP contribution is -2.54. The van der Waals surface area contributed by atoms with Gasteiger partial charge in [0, 0.05) is 50.2 Å². The van der Waals surface area contributed by atoms with E-state index in [2.05, 4.69) is 59.2 Å². The first-order valence-corrected chi connectivity index (χ1v) is 20.3. The Bertz CT molecular complexity index is 1810. The number of carboxylic acid groups (broad SMARTS) is 4. The summed E-state index contributed by atoms with van der Waals surface area (Å²) in [6.45, 7) is 40.0. The summed E-state index contributed by atoms with van der Waals surface area (Å²) in [6.07, 6.45) is -9.14. The number of aliphatic hydroxyl groups excluding tert-OH is 6. The molecule has 0 saturated heterocycles. The highest BCUT2D eigenvalue weighted by atomic mass is 16.6. The summed E-state index contributed by atoms with van der Waals surface area (Å²) >= 11 is 0. The zero-order valence-corrected chi connectivity index (χ0v) is 42.5. The van der Waals surface area contributed by atoms with Gasteiger partial charge in [0.1, 0.15) is 18.8 Å². The minimum atomic E-state index is -1.90. The van der Waals surface area contributed by atoms with E-state index in [1.165, 1.54) is 62.3 Å². The molecule has 0 radical (unpaired) electrons. The van der Waals surface area contributed by atoms with Crippen LogP contribution >= 0.6 is 0 Å². The molecule has 73 heavy (non-hydrogen) atoms. The second-order valence-electron chi connectivity index (χ2n) is 14.6. The van der Waals surface area contributed by atoms with Crippen molar-refractivity contribution in [3.63, 3.8) is 0 Å². The molecule has 25 heteroatoms. The maximum Gasteiger partial charge on any atom is 0.333 e. The lowest BCUT2D eigenvalue weighted by molar-refractivity contribution is -0.198. The van der Waals surface area contributed by atoms with Crippen LogP contribution in [-0.4, -0.2) is 181 Å². The molecule has 0 aliphatic heterocycles. The Hall–Kier alpha value is -7.68. The number of rotatable bonds is 23.